The molecule has 7 heteroatoms. The van der Waals surface area contributed by atoms with E-state index in [4.69, 9.17) is 18.9 Å². The van der Waals surface area contributed by atoms with Crippen LogP contribution in [-0.4, -0.2) is 54.5 Å². The third-order valence-electron chi connectivity index (χ3n) is 9.59. The van der Waals surface area contributed by atoms with Crippen LogP contribution in [-0.2, 0) is 23.7 Å². The zero-order valence-corrected chi connectivity index (χ0v) is 20.2. The van der Waals surface area contributed by atoms with E-state index in [1.165, 1.54) is 5.56 Å². The Morgan fingerprint density at radius 1 is 1.29 bits per heavy atom. The Hall–Kier alpha value is -2.35. The predicted octanol–water partition coefficient (Wildman–Crippen LogP) is 3.25. The molecule has 7 rings (SSSR count). The number of hydrogen-bond acceptors (Lipinski definition) is 7. The van der Waals surface area contributed by atoms with Crippen LogP contribution in [0.5, 0.6) is 0 Å². The molecule has 5 fully saturated rings. The first-order valence-electron chi connectivity index (χ1n) is 12.6. The molecule has 7 nitrogen and oxygen atoms in total. The minimum absolute atomic E-state index is 0.0494. The number of benzene rings is 1. The zero-order valence-electron chi connectivity index (χ0n) is 20.2. The number of allylic oxidation sites excluding steroid dienone is 1. The van der Waals surface area contributed by atoms with Crippen LogP contribution in [0.2, 0.25) is 0 Å². The summed E-state index contributed by atoms with van der Waals surface area (Å²) in [6, 6.07) is 11.3. The van der Waals surface area contributed by atoms with E-state index in [9.17, 15) is 4.79 Å². The van der Waals surface area contributed by atoms with Crippen molar-refractivity contribution in [3.63, 3.8) is 0 Å². The van der Waals surface area contributed by atoms with E-state index in [1.54, 1.807) is 14.0 Å². The number of carbonyl (C=O) groups excluding carboxylic acids is 1. The molecule has 6 aliphatic heterocycles. The highest BCUT2D eigenvalue weighted by atomic mass is 16.7. The van der Waals surface area contributed by atoms with Crippen molar-refractivity contribution in [1.82, 2.24) is 10.2 Å². The van der Waals surface area contributed by atoms with Gasteiger partial charge in [-0.1, -0.05) is 37.3 Å². The van der Waals surface area contributed by atoms with E-state index in [-0.39, 0.29) is 41.4 Å². The van der Waals surface area contributed by atoms with Crippen LogP contribution in [0.3, 0.4) is 0 Å². The second-order valence-corrected chi connectivity index (χ2v) is 10.8. The van der Waals surface area contributed by atoms with Gasteiger partial charge >= 0.3 is 5.97 Å². The van der Waals surface area contributed by atoms with Gasteiger partial charge in [-0.05, 0) is 38.8 Å². The molecule has 5 bridgehead atoms. The van der Waals surface area contributed by atoms with E-state index >= 15 is 0 Å². The van der Waals surface area contributed by atoms with Gasteiger partial charge in [0.05, 0.1) is 30.2 Å². The molecule has 0 radical (unpaired) electrons. The number of carbonyl (C=O) groups is 1. The lowest BCUT2D eigenvalue weighted by atomic mass is 9.71. The van der Waals surface area contributed by atoms with E-state index in [2.05, 4.69) is 54.4 Å². The Morgan fingerprint density at radius 3 is 2.85 bits per heavy atom. The van der Waals surface area contributed by atoms with Gasteiger partial charge < -0.3 is 24.3 Å². The Kier molecular flexibility index (Phi) is 4.24. The second kappa shape index (κ2) is 6.86. The molecule has 1 aromatic carbocycles. The smallest absolute Gasteiger partial charge is 0.343 e. The van der Waals surface area contributed by atoms with E-state index in [1.807, 2.05) is 0 Å². The number of fused-ring (bicyclic) bond motifs is 1. The maximum Gasteiger partial charge on any atom is 0.343 e. The van der Waals surface area contributed by atoms with E-state index < -0.39 is 5.79 Å². The second-order valence-electron chi connectivity index (χ2n) is 10.8. The molecule has 6 heterocycles. The molecule has 0 saturated carbocycles. The number of nitrogens with zero attached hydrogens (tertiary/aromatic N) is 1. The number of hydrogen-bond donors (Lipinski definition) is 1. The van der Waals surface area contributed by atoms with Crippen molar-refractivity contribution >= 4 is 5.97 Å². The third kappa shape index (κ3) is 2.31. The maximum absolute atomic E-state index is 12.3. The monoisotopic (exact) mass is 464 g/mol. The molecule has 0 aromatic heterocycles. The van der Waals surface area contributed by atoms with Crippen LogP contribution in [0, 0.1) is 17.8 Å². The molecule has 6 aliphatic rings. The number of rotatable bonds is 5. The lowest BCUT2D eigenvalue weighted by molar-refractivity contribution is -0.255. The minimum Gasteiger partial charge on any atom is -0.492 e. The van der Waals surface area contributed by atoms with Crippen LogP contribution in [0.4, 0.5) is 0 Å². The van der Waals surface area contributed by atoms with Gasteiger partial charge in [0.15, 0.2) is 5.76 Å². The van der Waals surface area contributed by atoms with Crippen molar-refractivity contribution in [3.05, 3.63) is 58.7 Å². The number of methoxy groups -OCH3 is 1. The summed E-state index contributed by atoms with van der Waals surface area (Å²) in [5.41, 5.74) is 1.74. The Labute approximate surface area is 200 Å². The third-order valence-corrected chi connectivity index (χ3v) is 9.59. The molecule has 9 atom stereocenters. The van der Waals surface area contributed by atoms with Gasteiger partial charge in [0.25, 0.3) is 0 Å². The van der Waals surface area contributed by atoms with Crippen LogP contribution in [0.25, 0.3) is 0 Å². The largest absolute Gasteiger partial charge is 0.492 e. The van der Waals surface area contributed by atoms with Crippen LogP contribution >= 0.6 is 0 Å². The Morgan fingerprint density at radius 2 is 2.09 bits per heavy atom. The number of cyclic esters (lactones) is 1. The van der Waals surface area contributed by atoms with Crippen LogP contribution < -0.4 is 5.32 Å². The average Bonchev–Trinajstić information content (AvgIpc) is 3.56. The quantitative estimate of drug-likeness (QED) is 0.671. The van der Waals surface area contributed by atoms with E-state index in [0.717, 1.165) is 25.9 Å². The standard InChI is InChI=1S/C27H32N2O5/c1-14-21-18-12-20-26(13-28-16(3)17-8-6-5-7-9-17)19(10-11-29(18)26)27(21,33-20)34-23(14)24-22(31-4)15(2)25(30)32-24/h5-9,14,16,18-21,28H,10-13H2,1-4H3/b24-23-/t14-,16+,18-,19-,20-,21+,26-,27+/m0/s1. The lowest BCUT2D eigenvalue weighted by Crippen LogP contribution is -2.64. The zero-order chi connectivity index (χ0) is 23.4. The van der Waals surface area contributed by atoms with Crippen LogP contribution in [0.1, 0.15) is 45.2 Å². The molecule has 5 saturated heterocycles. The molecule has 1 unspecified atom stereocenters. The topological polar surface area (TPSA) is 69.3 Å². The molecule has 34 heavy (non-hydrogen) atoms. The van der Waals surface area contributed by atoms with Gasteiger partial charge in [0.2, 0.25) is 11.5 Å². The van der Waals surface area contributed by atoms with Gasteiger partial charge in [0.1, 0.15) is 5.76 Å². The SMILES string of the molecule is COC1=C(C)C(=O)O/C1=C1\O[C@@]23O[C@H]4C[C@@H]([C@H]2[C@@H]1C)N1CC[C@H]3[C@@]41CN[C@H](C)c1ccccc1. The molecular weight excluding hydrogens is 432 g/mol. The molecule has 0 aliphatic carbocycles. The van der Waals surface area contributed by atoms with Crippen molar-refractivity contribution in [2.24, 2.45) is 17.8 Å². The first-order valence-corrected chi connectivity index (χ1v) is 12.6. The van der Waals surface area contributed by atoms with Gasteiger partial charge in [-0.3, -0.25) is 4.90 Å². The summed E-state index contributed by atoms with van der Waals surface area (Å²) in [6.07, 6.45) is 2.25. The number of nitrogens with one attached hydrogen (secondary N) is 1. The number of esters is 1. The average molecular weight is 465 g/mol. The highest BCUT2D eigenvalue weighted by Gasteiger charge is 2.84. The van der Waals surface area contributed by atoms with Crippen molar-refractivity contribution < 1.29 is 23.7 Å². The molecule has 0 amide bonds. The van der Waals surface area contributed by atoms with Crippen molar-refractivity contribution in [1.29, 1.82) is 0 Å². The highest BCUT2D eigenvalue weighted by molar-refractivity contribution is 5.93. The summed E-state index contributed by atoms with van der Waals surface area (Å²) >= 11 is 0. The Balaban J connectivity index is 1.24. The summed E-state index contributed by atoms with van der Waals surface area (Å²) in [7, 11) is 1.58. The van der Waals surface area contributed by atoms with Crippen LogP contribution in [0.15, 0.2) is 53.2 Å². The molecule has 1 spiro atoms. The first kappa shape index (κ1) is 21.0. The van der Waals surface area contributed by atoms with Crippen molar-refractivity contribution in [3.8, 4) is 0 Å². The van der Waals surface area contributed by atoms with Gasteiger partial charge in [-0.25, -0.2) is 4.79 Å². The first-order chi connectivity index (χ1) is 16.4. The summed E-state index contributed by atoms with van der Waals surface area (Å²) < 4.78 is 24.9. The molecular formula is C27H32N2O5. The highest BCUT2D eigenvalue weighted by Crippen LogP contribution is 2.72. The normalized spacial score (nSPS) is 46.2. The van der Waals surface area contributed by atoms with Gasteiger partial charge in [0, 0.05) is 30.5 Å². The lowest BCUT2D eigenvalue weighted by Gasteiger charge is -2.48. The fourth-order valence-corrected chi connectivity index (χ4v) is 8.21. The summed E-state index contributed by atoms with van der Waals surface area (Å²) in [5.74, 6) is 1.22. The maximum atomic E-state index is 12.3. The van der Waals surface area contributed by atoms with Gasteiger partial charge in [-0.2, -0.15) is 0 Å². The van der Waals surface area contributed by atoms with Crippen molar-refractivity contribution in [2.45, 2.75) is 63.1 Å². The predicted molar refractivity (Wildman–Crippen MR) is 123 cm³/mol. The van der Waals surface area contributed by atoms with E-state index in [0.29, 0.717) is 28.9 Å². The minimum atomic E-state index is -0.651. The molecule has 180 valence electrons. The summed E-state index contributed by atoms with van der Waals surface area (Å²) in [6.45, 7) is 8.13. The summed E-state index contributed by atoms with van der Waals surface area (Å²) in [4.78, 5) is 15.0. The molecule has 1 aromatic rings. The number of piperidine rings is 1. The summed E-state index contributed by atoms with van der Waals surface area (Å²) in [5, 5.41) is 3.84. The number of ether oxygens (including phenoxy) is 4. The molecule has 1 N–H and O–H groups in total. The Bertz CT molecular complexity index is 1130. The van der Waals surface area contributed by atoms with Gasteiger partial charge in [-0.15, -0.1) is 0 Å². The fraction of sp³-hybridized carbons (Fsp3) is 0.593. The fourth-order valence-electron chi connectivity index (χ4n) is 8.21. The van der Waals surface area contributed by atoms with Crippen molar-refractivity contribution in [2.75, 3.05) is 20.2 Å².